The lowest BCUT2D eigenvalue weighted by atomic mass is 10.2. The number of halogens is 1. The van der Waals surface area contributed by atoms with Crippen molar-refractivity contribution < 1.29 is 0 Å². The van der Waals surface area contributed by atoms with Crippen LogP contribution in [0.2, 0.25) is 5.02 Å². The SMILES string of the molecule is NNc1ccc(N2CCN(c3cccc(Cl)c3)CC2)cn1. The van der Waals surface area contributed by atoms with E-state index in [4.69, 9.17) is 17.4 Å². The van der Waals surface area contributed by atoms with Gasteiger partial charge in [0.05, 0.1) is 11.9 Å². The molecule has 21 heavy (non-hydrogen) atoms. The summed E-state index contributed by atoms with van der Waals surface area (Å²) in [6.45, 7) is 3.86. The van der Waals surface area contributed by atoms with Gasteiger partial charge < -0.3 is 15.2 Å². The summed E-state index contributed by atoms with van der Waals surface area (Å²) >= 11 is 6.06. The molecule has 1 aromatic carbocycles. The van der Waals surface area contributed by atoms with Crippen LogP contribution in [-0.2, 0) is 0 Å². The van der Waals surface area contributed by atoms with Gasteiger partial charge in [-0.3, -0.25) is 0 Å². The van der Waals surface area contributed by atoms with Crippen molar-refractivity contribution in [2.75, 3.05) is 41.4 Å². The van der Waals surface area contributed by atoms with Crippen LogP contribution < -0.4 is 21.1 Å². The molecule has 5 nitrogen and oxygen atoms in total. The van der Waals surface area contributed by atoms with E-state index in [9.17, 15) is 0 Å². The Labute approximate surface area is 129 Å². The molecule has 0 aliphatic carbocycles. The molecular weight excluding hydrogens is 286 g/mol. The molecule has 2 heterocycles. The van der Waals surface area contributed by atoms with Crippen molar-refractivity contribution in [2.24, 2.45) is 5.84 Å². The lowest BCUT2D eigenvalue weighted by Gasteiger charge is -2.37. The van der Waals surface area contributed by atoms with E-state index in [1.807, 2.05) is 36.5 Å². The van der Waals surface area contributed by atoms with Crippen molar-refractivity contribution in [1.82, 2.24) is 4.98 Å². The van der Waals surface area contributed by atoms with E-state index < -0.39 is 0 Å². The number of piperazine rings is 1. The highest BCUT2D eigenvalue weighted by atomic mass is 35.5. The van der Waals surface area contributed by atoms with Crippen molar-refractivity contribution >= 4 is 28.8 Å². The average molecular weight is 304 g/mol. The van der Waals surface area contributed by atoms with Gasteiger partial charge in [-0.15, -0.1) is 0 Å². The Kier molecular flexibility index (Phi) is 4.13. The van der Waals surface area contributed by atoms with Crippen molar-refractivity contribution in [3.63, 3.8) is 0 Å². The van der Waals surface area contributed by atoms with Gasteiger partial charge in [-0.25, -0.2) is 10.8 Å². The number of aromatic nitrogens is 1. The van der Waals surface area contributed by atoms with Crippen LogP contribution in [0.4, 0.5) is 17.2 Å². The maximum Gasteiger partial charge on any atom is 0.140 e. The standard InChI is InChI=1S/C15H18ClN5/c16-12-2-1-3-13(10-12)20-6-8-21(9-7-20)14-4-5-15(19-17)18-11-14/h1-5,10-11H,6-9,17H2,(H,18,19). The third kappa shape index (κ3) is 3.20. The van der Waals surface area contributed by atoms with E-state index in [-0.39, 0.29) is 0 Å². The number of rotatable bonds is 3. The Bertz CT molecular complexity index is 593. The van der Waals surface area contributed by atoms with E-state index in [2.05, 4.69) is 26.3 Å². The first-order chi connectivity index (χ1) is 10.3. The fourth-order valence-electron chi connectivity index (χ4n) is 2.55. The van der Waals surface area contributed by atoms with Gasteiger partial charge in [0.15, 0.2) is 0 Å². The van der Waals surface area contributed by atoms with Crippen LogP contribution in [0.15, 0.2) is 42.6 Å². The molecule has 1 aliphatic heterocycles. The van der Waals surface area contributed by atoms with Gasteiger partial charge in [0.25, 0.3) is 0 Å². The monoisotopic (exact) mass is 303 g/mol. The molecule has 1 aliphatic rings. The maximum atomic E-state index is 6.06. The summed E-state index contributed by atoms with van der Waals surface area (Å²) in [6, 6.07) is 11.9. The van der Waals surface area contributed by atoms with Crippen LogP contribution in [0.25, 0.3) is 0 Å². The number of nitrogens with two attached hydrogens (primary N) is 1. The predicted molar refractivity (Wildman–Crippen MR) is 87.9 cm³/mol. The summed E-state index contributed by atoms with van der Waals surface area (Å²) < 4.78 is 0. The Morgan fingerprint density at radius 2 is 1.71 bits per heavy atom. The number of nitrogen functional groups attached to an aromatic ring is 1. The zero-order valence-electron chi connectivity index (χ0n) is 11.7. The summed E-state index contributed by atoms with van der Waals surface area (Å²) in [4.78, 5) is 8.93. The lowest BCUT2D eigenvalue weighted by Crippen LogP contribution is -2.46. The number of anilines is 3. The summed E-state index contributed by atoms with van der Waals surface area (Å²) in [6.07, 6.45) is 1.85. The van der Waals surface area contributed by atoms with Crippen molar-refractivity contribution in [3.8, 4) is 0 Å². The first kappa shape index (κ1) is 14.0. The molecule has 0 amide bonds. The number of hydrogen-bond acceptors (Lipinski definition) is 5. The van der Waals surface area contributed by atoms with Crippen LogP contribution in [0.5, 0.6) is 0 Å². The highest BCUT2D eigenvalue weighted by Crippen LogP contribution is 2.23. The minimum absolute atomic E-state index is 0.677. The first-order valence-electron chi connectivity index (χ1n) is 6.94. The molecule has 3 N–H and O–H groups in total. The number of benzene rings is 1. The van der Waals surface area contributed by atoms with Crippen LogP contribution >= 0.6 is 11.6 Å². The van der Waals surface area contributed by atoms with E-state index in [1.54, 1.807) is 0 Å². The highest BCUT2D eigenvalue weighted by Gasteiger charge is 2.17. The van der Waals surface area contributed by atoms with Crippen LogP contribution in [-0.4, -0.2) is 31.2 Å². The third-order valence-electron chi connectivity index (χ3n) is 3.71. The Morgan fingerprint density at radius 3 is 2.29 bits per heavy atom. The molecule has 1 aromatic heterocycles. The quantitative estimate of drug-likeness (QED) is 0.673. The number of nitrogens with one attached hydrogen (secondary N) is 1. The fourth-order valence-corrected chi connectivity index (χ4v) is 2.74. The van der Waals surface area contributed by atoms with Gasteiger partial charge in [-0.05, 0) is 30.3 Å². The molecule has 1 saturated heterocycles. The molecule has 0 saturated carbocycles. The molecule has 0 bridgehead atoms. The molecule has 0 atom stereocenters. The largest absolute Gasteiger partial charge is 0.368 e. The molecule has 1 fully saturated rings. The van der Waals surface area contributed by atoms with Gasteiger partial charge in [-0.2, -0.15) is 0 Å². The van der Waals surface area contributed by atoms with Crippen LogP contribution in [0, 0.1) is 0 Å². The van der Waals surface area contributed by atoms with Crippen molar-refractivity contribution in [2.45, 2.75) is 0 Å². The molecule has 0 radical (unpaired) electrons. The topological polar surface area (TPSA) is 57.4 Å². The van der Waals surface area contributed by atoms with Crippen LogP contribution in [0.1, 0.15) is 0 Å². The Balaban J connectivity index is 1.64. The minimum atomic E-state index is 0.677. The summed E-state index contributed by atoms with van der Waals surface area (Å²) in [7, 11) is 0. The molecule has 0 unspecified atom stereocenters. The van der Waals surface area contributed by atoms with E-state index >= 15 is 0 Å². The molecule has 110 valence electrons. The van der Waals surface area contributed by atoms with Gasteiger partial charge in [0.2, 0.25) is 0 Å². The Morgan fingerprint density at radius 1 is 1.00 bits per heavy atom. The zero-order chi connectivity index (χ0) is 14.7. The second-order valence-corrected chi connectivity index (χ2v) is 5.44. The smallest absolute Gasteiger partial charge is 0.140 e. The van der Waals surface area contributed by atoms with Gasteiger partial charge >= 0.3 is 0 Å². The molecular formula is C15H18ClN5. The van der Waals surface area contributed by atoms with Crippen molar-refractivity contribution in [3.05, 3.63) is 47.6 Å². The second kappa shape index (κ2) is 6.20. The van der Waals surface area contributed by atoms with E-state index in [0.29, 0.717) is 5.82 Å². The van der Waals surface area contributed by atoms with Crippen LogP contribution in [0.3, 0.4) is 0 Å². The molecule has 6 heteroatoms. The Hall–Kier alpha value is -1.98. The predicted octanol–water partition coefficient (Wildman–Crippen LogP) is 2.35. The van der Waals surface area contributed by atoms with Gasteiger partial charge in [-0.1, -0.05) is 17.7 Å². The lowest BCUT2D eigenvalue weighted by molar-refractivity contribution is 0.653. The van der Waals surface area contributed by atoms with E-state index in [1.165, 1.54) is 5.69 Å². The number of hydrogen-bond donors (Lipinski definition) is 2. The number of nitrogens with zero attached hydrogens (tertiary/aromatic N) is 3. The normalized spacial score (nSPS) is 15.1. The van der Waals surface area contributed by atoms with Gasteiger partial charge in [0, 0.05) is 36.9 Å². The fraction of sp³-hybridized carbons (Fsp3) is 0.267. The van der Waals surface area contributed by atoms with Gasteiger partial charge in [0.1, 0.15) is 5.82 Å². The maximum absolute atomic E-state index is 6.06. The summed E-state index contributed by atoms with van der Waals surface area (Å²) in [5.41, 5.74) is 4.85. The number of pyridine rings is 1. The van der Waals surface area contributed by atoms with E-state index in [0.717, 1.165) is 36.9 Å². The summed E-state index contributed by atoms with van der Waals surface area (Å²) in [5.74, 6) is 6.01. The zero-order valence-corrected chi connectivity index (χ0v) is 12.4. The third-order valence-corrected chi connectivity index (χ3v) is 3.95. The second-order valence-electron chi connectivity index (χ2n) is 5.00. The average Bonchev–Trinajstić information content (AvgIpc) is 2.55. The molecule has 3 rings (SSSR count). The molecule has 0 spiro atoms. The summed E-state index contributed by atoms with van der Waals surface area (Å²) in [5, 5.41) is 0.781. The first-order valence-corrected chi connectivity index (χ1v) is 7.32. The van der Waals surface area contributed by atoms with Crippen molar-refractivity contribution in [1.29, 1.82) is 0 Å². The minimum Gasteiger partial charge on any atom is -0.368 e. The molecule has 2 aromatic rings. The highest BCUT2D eigenvalue weighted by molar-refractivity contribution is 6.30. The number of hydrazine groups is 1.